The molecule has 1 aromatic rings. The van der Waals surface area contributed by atoms with E-state index < -0.39 is 0 Å². The van der Waals surface area contributed by atoms with Crippen molar-refractivity contribution >= 4 is 23.2 Å². The van der Waals surface area contributed by atoms with Gasteiger partial charge in [-0.3, -0.25) is 14.6 Å². The van der Waals surface area contributed by atoms with E-state index in [9.17, 15) is 4.79 Å². The summed E-state index contributed by atoms with van der Waals surface area (Å²) in [4.78, 5) is 16.9. The predicted octanol–water partition coefficient (Wildman–Crippen LogP) is 1.26. The maximum absolute atomic E-state index is 12.1. The number of nitrogens with one attached hydrogen (secondary N) is 2. The Morgan fingerprint density at radius 1 is 1.27 bits per heavy atom. The van der Waals surface area contributed by atoms with Gasteiger partial charge in [0.25, 0.3) is 0 Å². The van der Waals surface area contributed by atoms with Crippen molar-refractivity contribution in [3.05, 3.63) is 29.3 Å². The van der Waals surface area contributed by atoms with Gasteiger partial charge in [0.05, 0.1) is 17.3 Å². The number of carbonyl (C=O) groups is 1. The number of piperazine rings is 1. The molecule has 5 nitrogen and oxygen atoms in total. The van der Waals surface area contributed by atoms with E-state index in [2.05, 4.69) is 20.4 Å². The molecule has 2 heterocycles. The summed E-state index contributed by atoms with van der Waals surface area (Å²) in [6.45, 7) is 6.66. The minimum atomic E-state index is 0.00378. The van der Waals surface area contributed by atoms with Gasteiger partial charge in [-0.2, -0.15) is 0 Å². The summed E-state index contributed by atoms with van der Waals surface area (Å²) in [5.74, 6) is 0.00378. The first-order chi connectivity index (χ1) is 10.7. The van der Waals surface area contributed by atoms with E-state index in [0.717, 1.165) is 39.3 Å². The molecule has 2 fully saturated rings. The molecule has 0 radical (unpaired) electrons. The lowest BCUT2D eigenvalue weighted by atomic mass is 10.2. The van der Waals surface area contributed by atoms with Crippen LogP contribution in [0, 0.1) is 0 Å². The van der Waals surface area contributed by atoms with Gasteiger partial charge in [0.1, 0.15) is 0 Å². The number of benzene rings is 1. The highest BCUT2D eigenvalue weighted by atomic mass is 35.5. The highest BCUT2D eigenvalue weighted by Gasteiger charge is 2.26. The number of carbonyl (C=O) groups excluding carboxylic acids is 1. The lowest BCUT2D eigenvalue weighted by Crippen LogP contribution is -2.52. The van der Waals surface area contributed by atoms with Gasteiger partial charge in [-0.15, -0.1) is 0 Å². The molecule has 2 saturated heterocycles. The third kappa shape index (κ3) is 3.98. The van der Waals surface area contributed by atoms with Gasteiger partial charge < -0.3 is 10.6 Å². The van der Waals surface area contributed by atoms with Crippen LogP contribution in [0.5, 0.6) is 0 Å². The molecule has 0 aliphatic carbocycles. The number of halogens is 1. The monoisotopic (exact) mass is 322 g/mol. The first kappa shape index (κ1) is 15.7. The van der Waals surface area contributed by atoms with Gasteiger partial charge >= 0.3 is 0 Å². The molecule has 2 N–H and O–H groups in total. The molecule has 0 spiro atoms. The topological polar surface area (TPSA) is 47.6 Å². The molecule has 0 saturated carbocycles. The van der Waals surface area contributed by atoms with Crippen LogP contribution in [0.3, 0.4) is 0 Å². The zero-order valence-electron chi connectivity index (χ0n) is 12.7. The third-order valence-corrected chi connectivity index (χ3v) is 4.80. The smallest absolute Gasteiger partial charge is 0.238 e. The number of para-hydroxylation sites is 1. The molecule has 1 unspecified atom stereocenters. The zero-order valence-corrected chi connectivity index (χ0v) is 13.5. The summed E-state index contributed by atoms with van der Waals surface area (Å²) in [6, 6.07) is 8.01. The van der Waals surface area contributed by atoms with Crippen LogP contribution in [-0.2, 0) is 4.79 Å². The molecule has 120 valence electrons. The average molecular weight is 323 g/mol. The second kappa shape index (κ2) is 7.42. The van der Waals surface area contributed by atoms with E-state index in [4.69, 9.17) is 11.6 Å². The van der Waals surface area contributed by atoms with E-state index in [1.165, 1.54) is 6.42 Å². The average Bonchev–Trinajstić information content (AvgIpc) is 3.05. The van der Waals surface area contributed by atoms with Crippen molar-refractivity contribution < 1.29 is 4.79 Å². The summed E-state index contributed by atoms with van der Waals surface area (Å²) in [7, 11) is 0. The molecule has 6 heteroatoms. The molecule has 3 rings (SSSR count). The van der Waals surface area contributed by atoms with E-state index >= 15 is 0 Å². The van der Waals surface area contributed by atoms with Gasteiger partial charge in [-0.1, -0.05) is 23.7 Å². The van der Waals surface area contributed by atoms with Crippen molar-refractivity contribution in [2.45, 2.75) is 12.5 Å². The fourth-order valence-corrected chi connectivity index (χ4v) is 3.38. The molecular weight excluding hydrogens is 300 g/mol. The maximum Gasteiger partial charge on any atom is 0.238 e. The van der Waals surface area contributed by atoms with Crippen LogP contribution in [0.2, 0.25) is 5.02 Å². The van der Waals surface area contributed by atoms with Crippen LogP contribution in [-0.4, -0.2) is 67.6 Å². The normalized spacial score (nSPS) is 23.6. The standard InChI is InChI=1S/C16H23ClN4O/c17-14-3-1-2-4-15(14)19-16(22)12-20-7-9-21(10-8-20)13-5-6-18-11-13/h1-4,13,18H,5-12H2,(H,19,22). The molecule has 0 bridgehead atoms. The quantitative estimate of drug-likeness (QED) is 0.876. The summed E-state index contributed by atoms with van der Waals surface area (Å²) >= 11 is 6.06. The van der Waals surface area contributed by atoms with Crippen molar-refractivity contribution in [3.63, 3.8) is 0 Å². The fourth-order valence-electron chi connectivity index (χ4n) is 3.19. The maximum atomic E-state index is 12.1. The Kier molecular flexibility index (Phi) is 5.31. The summed E-state index contributed by atoms with van der Waals surface area (Å²) in [5, 5.41) is 6.88. The molecule has 1 amide bonds. The van der Waals surface area contributed by atoms with Crippen LogP contribution in [0.15, 0.2) is 24.3 Å². The summed E-state index contributed by atoms with van der Waals surface area (Å²) in [6.07, 6.45) is 1.24. The first-order valence-electron chi connectivity index (χ1n) is 7.94. The van der Waals surface area contributed by atoms with Gasteiger partial charge in [-0.25, -0.2) is 0 Å². The predicted molar refractivity (Wildman–Crippen MR) is 89.4 cm³/mol. The van der Waals surface area contributed by atoms with Crippen molar-refractivity contribution in [2.24, 2.45) is 0 Å². The lowest BCUT2D eigenvalue weighted by molar-refractivity contribution is -0.117. The van der Waals surface area contributed by atoms with Crippen molar-refractivity contribution in [1.29, 1.82) is 0 Å². The molecule has 1 atom stereocenters. The molecule has 2 aliphatic rings. The van der Waals surface area contributed by atoms with Crippen LogP contribution in [0.25, 0.3) is 0 Å². The largest absolute Gasteiger partial charge is 0.324 e. The molecule has 1 aromatic carbocycles. The van der Waals surface area contributed by atoms with Crippen LogP contribution in [0.1, 0.15) is 6.42 Å². The Morgan fingerprint density at radius 3 is 2.73 bits per heavy atom. The van der Waals surface area contributed by atoms with Gasteiger partial charge in [-0.05, 0) is 25.1 Å². The minimum absolute atomic E-state index is 0.00378. The molecule has 2 aliphatic heterocycles. The molecule has 0 aromatic heterocycles. The lowest BCUT2D eigenvalue weighted by Gasteiger charge is -2.37. The number of hydrogen-bond donors (Lipinski definition) is 2. The summed E-state index contributed by atoms with van der Waals surface area (Å²) < 4.78 is 0. The highest BCUT2D eigenvalue weighted by Crippen LogP contribution is 2.20. The molecule has 22 heavy (non-hydrogen) atoms. The highest BCUT2D eigenvalue weighted by molar-refractivity contribution is 6.33. The van der Waals surface area contributed by atoms with Crippen molar-refractivity contribution in [3.8, 4) is 0 Å². The SMILES string of the molecule is O=C(CN1CCN(C2CCNC2)CC1)Nc1ccccc1Cl. The Morgan fingerprint density at radius 2 is 2.05 bits per heavy atom. The van der Waals surface area contributed by atoms with E-state index in [0.29, 0.717) is 23.3 Å². The number of amides is 1. The van der Waals surface area contributed by atoms with Crippen molar-refractivity contribution in [2.75, 3.05) is 51.1 Å². The number of hydrogen-bond acceptors (Lipinski definition) is 4. The van der Waals surface area contributed by atoms with Gasteiger partial charge in [0, 0.05) is 38.8 Å². The Bertz CT molecular complexity index is 511. The second-order valence-corrected chi connectivity index (χ2v) is 6.39. The summed E-state index contributed by atoms with van der Waals surface area (Å²) in [5.41, 5.74) is 0.685. The fraction of sp³-hybridized carbons (Fsp3) is 0.562. The van der Waals surface area contributed by atoms with E-state index in [-0.39, 0.29) is 5.91 Å². The molecular formula is C16H23ClN4O. The van der Waals surface area contributed by atoms with Crippen LogP contribution in [0.4, 0.5) is 5.69 Å². The minimum Gasteiger partial charge on any atom is -0.324 e. The van der Waals surface area contributed by atoms with Crippen molar-refractivity contribution in [1.82, 2.24) is 15.1 Å². The van der Waals surface area contributed by atoms with Gasteiger partial charge in [0.15, 0.2) is 0 Å². The zero-order chi connectivity index (χ0) is 15.4. The Labute approximate surface area is 136 Å². The Balaban J connectivity index is 1.44. The van der Waals surface area contributed by atoms with Crippen LogP contribution < -0.4 is 10.6 Å². The van der Waals surface area contributed by atoms with Crippen LogP contribution >= 0.6 is 11.6 Å². The number of anilines is 1. The number of rotatable bonds is 4. The number of nitrogens with zero attached hydrogens (tertiary/aromatic N) is 2. The van der Waals surface area contributed by atoms with E-state index in [1.807, 2.05) is 18.2 Å². The first-order valence-corrected chi connectivity index (χ1v) is 8.31. The van der Waals surface area contributed by atoms with Gasteiger partial charge in [0.2, 0.25) is 5.91 Å². The van der Waals surface area contributed by atoms with E-state index in [1.54, 1.807) is 6.07 Å². The Hall–Kier alpha value is -1.14. The third-order valence-electron chi connectivity index (χ3n) is 4.47. The second-order valence-electron chi connectivity index (χ2n) is 5.99.